The van der Waals surface area contributed by atoms with Gasteiger partial charge in [0.2, 0.25) is 0 Å². The van der Waals surface area contributed by atoms with Crippen molar-refractivity contribution in [3.05, 3.63) is 20.6 Å². The van der Waals surface area contributed by atoms with Crippen molar-refractivity contribution in [2.75, 3.05) is 33.3 Å². The Morgan fingerprint density at radius 2 is 1.83 bits per heavy atom. The predicted octanol–water partition coefficient (Wildman–Crippen LogP) is 4.13. The number of hydrogen-bond acceptors (Lipinski definition) is 4. The van der Waals surface area contributed by atoms with E-state index in [-0.39, 0.29) is 30.6 Å². The summed E-state index contributed by atoms with van der Waals surface area (Å²) in [6, 6.07) is 2.38. The maximum atomic E-state index is 10.1. The summed E-state index contributed by atoms with van der Waals surface area (Å²) in [6.45, 7) is 4.21. The molecule has 1 atom stereocenters. The minimum absolute atomic E-state index is 0. The van der Waals surface area contributed by atoms with Gasteiger partial charge >= 0.3 is 0 Å². The van der Waals surface area contributed by atoms with Crippen LogP contribution >= 0.6 is 56.7 Å². The molecule has 8 heteroatoms. The van der Waals surface area contributed by atoms with Crippen LogP contribution in [0.5, 0.6) is 11.5 Å². The van der Waals surface area contributed by atoms with E-state index in [0.29, 0.717) is 22.2 Å². The lowest BCUT2D eigenvalue weighted by molar-refractivity contribution is 0.155. The van der Waals surface area contributed by atoms with Gasteiger partial charge in [-0.05, 0) is 62.2 Å². The van der Waals surface area contributed by atoms with Crippen LogP contribution in [0.3, 0.4) is 0 Å². The van der Waals surface area contributed by atoms with E-state index >= 15 is 0 Å². The highest BCUT2D eigenvalue weighted by molar-refractivity contribution is 9.13. The van der Waals surface area contributed by atoms with E-state index in [1.807, 2.05) is 6.07 Å². The van der Waals surface area contributed by atoms with Crippen LogP contribution in [0.25, 0.3) is 0 Å². The molecule has 23 heavy (non-hydrogen) atoms. The first kappa shape index (κ1) is 21.3. The molecule has 1 aromatic carbocycles. The van der Waals surface area contributed by atoms with Crippen LogP contribution in [0.15, 0.2) is 15.0 Å². The van der Waals surface area contributed by atoms with Crippen molar-refractivity contribution in [2.24, 2.45) is 5.92 Å². The monoisotopic (exact) mass is 490 g/mol. The summed E-state index contributed by atoms with van der Waals surface area (Å²) in [5.74, 6) is 1.39. The molecular weight excluding hydrogens is 471 g/mol. The summed E-state index contributed by atoms with van der Waals surface area (Å²) in [7, 11) is 1.59. The Kier molecular flexibility index (Phi) is 8.45. The summed E-state index contributed by atoms with van der Waals surface area (Å²) in [6.07, 6.45) is 2.56. The standard InChI is InChI=1S/C15H20Br2N2O2.2ClH/c1-21-11-8-10(12(16)13(17)15(11)20)14(9-2-3-9)19-6-4-18-5-7-19;;/h8-9,14,18,20H,2-7H2,1H3;2*1H/t14-;;/m0../s1. The number of aromatic hydroxyl groups is 1. The maximum absolute atomic E-state index is 10.1. The van der Waals surface area contributed by atoms with E-state index in [4.69, 9.17) is 4.74 Å². The van der Waals surface area contributed by atoms with Gasteiger partial charge in [-0.1, -0.05) is 0 Å². The smallest absolute Gasteiger partial charge is 0.173 e. The summed E-state index contributed by atoms with van der Waals surface area (Å²) in [4.78, 5) is 2.55. The fraction of sp³-hybridized carbons (Fsp3) is 0.600. The second-order valence-electron chi connectivity index (χ2n) is 5.71. The minimum atomic E-state index is 0. The van der Waals surface area contributed by atoms with Crippen LogP contribution in [-0.4, -0.2) is 43.3 Å². The van der Waals surface area contributed by atoms with Crippen LogP contribution in [-0.2, 0) is 0 Å². The van der Waals surface area contributed by atoms with Crippen LogP contribution < -0.4 is 10.1 Å². The van der Waals surface area contributed by atoms with E-state index in [1.54, 1.807) is 7.11 Å². The summed E-state index contributed by atoms with van der Waals surface area (Å²) in [5, 5.41) is 13.5. The van der Waals surface area contributed by atoms with Gasteiger partial charge in [0.15, 0.2) is 11.5 Å². The van der Waals surface area contributed by atoms with E-state index < -0.39 is 0 Å². The zero-order chi connectivity index (χ0) is 15.0. The number of ether oxygens (including phenoxy) is 1. The van der Waals surface area contributed by atoms with Crippen molar-refractivity contribution >= 4 is 56.7 Å². The highest BCUT2D eigenvalue weighted by atomic mass is 79.9. The average Bonchev–Trinajstić information content (AvgIpc) is 3.33. The molecule has 132 valence electrons. The molecule has 3 rings (SSSR count). The maximum Gasteiger partial charge on any atom is 0.173 e. The molecule has 1 saturated carbocycles. The molecule has 1 aliphatic carbocycles. The number of methoxy groups -OCH3 is 1. The quantitative estimate of drug-likeness (QED) is 0.663. The molecular formula is C15H22Br2Cl2N2O2. The number of nitrogens with zero attached hydrogens (tertiary/aromatic N) is 1. The number of nitrogens with one attached hydrogen (secondary N) is 1. The molecule has 0 aromatic heterocycles. The Labute approximate surface area is 166 Å². The van der Waals surface area contributed by atoms with E-state index in [0.717, 1.165) is 30.7 Å². The summed E-state index contributed by atoms with van der Waals surface area (Å²) >= 11 is 7.13. The van der Waals surface area contributed by atoms with Crippen molar-refractivity contribution in [1.82, 2.24) is 10.2 Å². The van der Waals surface area contributed by atoms with Gasteiger partial charge in [0.25, 0.3) is 0 Å². The largest absolute Gasteiger partial charge is 0.503 e. The first-order valence-electron chi connectivity index (χ1n) is 7.33. The molecule has 1 aliphatic heterocycles. The van der Waals surface area contributed by atoms with Crippen molar-refractivity contribution in [1.29, 1.82) is 0 Å². The molecule has 0 bridgehead atoms. The first-order valence-corrected chi connectivity index (χ1v) is 8.91. The topological polar surface area (TPSA) is 44.7 Å². The third kappa shape index (κ3) is 4.47. The van der Waals surface area contributed by atoms with E-state index in [2.05, 4.69) is 42.1 Å². The molecule has 0 amide bonds. The summed E-state index contributed by atoms with van der Waals surface area (Å²) in [5.41, 5.74) is 1.21. The Bertz CT molecular complexity index is 539. The van der Waals surface area contributed by atoms with Crippen molar-refractivity contribution in [2.45, 2.75) is 18.9 Å². The van der Waals surface area contributed by atoms with Gasteiger partial charge in [0.1, 0.15) is 0 Å². The van der Waals surface area contributed by atoms with Gasteiger partial charge in [-0.25, -0.2) is 0 Å². The van der Waals surface area contributed by atoms with Gasteiger partial charge in [-0.15, -0.1) is 24.8 Å². The SMILES string of the molecule is COc1cc([C@H](C2CC2)N2CCNCC2)c(Br)c(Br)c1O.Cl.Cl. The second-order valence-corrected chi connectivity index (χ2v) is 7.30. The number of halogens is 4. The van der Waals surface area contributed by atoms with Crippen molar-refractivity contribution in [3.63, 3.8) is 0 Å². The highest BCUT2D eigenvalue weighted by Crippen LogP contribution is 2.51. The molecule has 0 spiro atoms. The van der Waals surface area contributed by atoms with Gasteiger partial charge in [-0.2, -0.15) is 0 Å². The third-order valence-electron chi connectivity index (χ3n) is 4.33. The summed E-state index contributed by atoms with van der Waals surface area (Å²) < 4.78 is 6.95. The van der Waals surface area contributed by atoms with Crippen LogP contribution in [0, 0.1) is 5.92 Å². The Hall–Kier alpha value is 0.280. The Balaban J connectivity index is 0.00000132. The van der Waals surface area contributed by atoms with Gasteiger partial charge in [-0.3, -0.25) is 4.90 Å². The van der Waals surface area contributed by atoms with Crippen LogP contribution in [0.1, 0.15) is 24.4 Å². The molecule has 2 aliphatic rings. The van der Waals surface area contributed by atoms with Gasteiger partial charge in [0, 0.05) is 36.7 Å². The number of hydrogen-bond donors (Lipinski definition) is 2. The normalized spacial score (nSPS) is 19.4. The average molecular weight is 493 g/mol. The number of rotatable bonds is 4. The van der Waals surface area contributed by atoms with E-state index in [9.17, 15) is 5.11 Å². The Morgan fingerprint density at radius 1 is 1.22 bits per heavy atom. The fourth-order valence-electron chi connectivity index (χ4n) is 3.10. The number of benzene rings is 1. The molecule has 1 heterocycles. The van der Waals surface area contributed by atoms with E-state index in [1.165, 1.54) is 18.4 Å². The zero-order valence-corrected chi connectivity index (χ0v) is 17.7. The molecule has 2 N–H and O–H groups in total. The van der Waals surface area contributed by atoms with Crippen molar-refractivity contribution < 1.29 is 9.84 Å². The Morgan fingerprint density at radius 3 is 2.35 bits per heavy atom. The lowest BCUT2D eigenvalue weighted by atomic mass is 9.99. The zero-order valence-electron chi connectivity index (χ0n) is 12.8. The van der Waals surface area contributed by atoms with Gasteiger partial charge in [0.05, 0.1) is 11.6 Å². The van der Waals surface area contributed by atoms with Crippen molar-refractivity contribution in [3.8, 4) is 11.5 Å². The molecule has 2 fully saturated rings. The third-order valence-corrected chi connectivity index (χ3v) is 6.48. The van der Waals surface area contributed by atoms with Crippen LogP contribution in [0.4, 0.5) is 0 Å². The lowest BCUT2D eigenvalue weighted by Crippen LogP contribution is -2.45. The minimum Gasteiger partial charge on any atom is -0.503 e. The number of phenolic OH excluding ortho intramolecular Hbond substituents is 1. The second kappa shape index (κ2) is 9.11. The molecule has 1 saturated heterocycles. The highest BCUT2D eigenvalue weighted by Gasteiger charge is 2.38. The molecule has 0 radical (unpaired) electrons. The van der Waals surface area contributed by atoms with Crippen LogP contribution in [0.2, 0.25) is 0 Å². The lowest BCUT2D eigenvalue weighted by Gasteiger charge is -2.36. The molecule has 0 unspecified atom stereocenters. The predicted molar refractivity (Wildman–Crippen MR) is 104 cm³/mol. The number of phenols is 1. The fourth-order valence-corrected chi connectivity index (χ4v) is 4.06. The molecule has 1 aromatic rings. The van der Waals surface area contributed by atoms with Gasteiger partial charge < -0.3 is 15.2 Å². The first-order chi connectivity index (χ1) is 10.1. The number of piperazine rings is 1. The molecule has 4 nitrogen and oxygen atoms in total.